The summed E-state index contributed by atoms with van der Waals surface area (Å²) >= 11 is 1.33. The van der Waals surface area contributed by atoms with Crippen LogP contribution in [0.1, 0.15) is 36.9 Å². The van der Waals surface area contributed by atoms with Crippen LogP contribution in [0.4, 0.5) is 5.82 Å². The van der Waals surface area contributed by atoms with E-state index in [-0.39, 0.29) is 11.2 Å². The Bertz CT molecular complexity index is 903. The first-order valence-corrected chi connectivity index (χ1v) is 8.96. The van der Waals surface area contributed by atoms with Crippen molar-refractivity contribution in [3.63, 3.8) is 0 Å². The lowest BCUT2D eigenvalue weighted by molar-refractivity contribution is -0.115. The van der Waals surface area contributed by atoms with Crippen molar-refractivity contribution in [2.24, 2.45) is 0 Å². The van der Waals surface area contributed by atoms with Gasteiger partial charge in [0.15, 0.2) is 5.82 Å². The summed E-state index contributed by atoms with van der Waals surface area (Å²) in [6.07, 6.45) is 1.57. The van der Waals surface area contributed by atoms with Gasteiger partial charge in [0, 0.05) is 17.5 Å². The Hall–Kier alpha value is -2.42. The molecule has 0 saturated heterocycles. The van der Waals surface area contributed by atoms with Gasteiger partial charge in [-0.2, -0.15) is 4.98 Å². The van der Waals surface area contributed by atoms with E-state index in [0.29, 0.717) is 28.9 Å². The van der Waals surface area contributed by atoms with E-state index >= 15 is 0 Å². The van der Waals surface area contributed by atoms with Gasteiger partial charge in [0.05, 0.1) is 5.25 Å². The lowest BCUT2D eigenvalue weighted by Gasteiger charge is -2.12. The molecule has 0 aliphatic rings. The fourth-order valence-electron chi connectivity index (χ4n) is 2.46. The molecule has 0 aliphatic carbocycles. The number of anilines is 1. The van der Waals surface area contributed by atoms with Gasteiger partial charge < -0.3 is 9.84 Å². The van der Waals surface area contributed by atoms with E-state index in [2.05, 4.69) is 25.5 Å². The van der Waals surface area contributed by atoms with Crippen molar-refractivity contribution in [2.45, 2.75) is 50.9 Å². The lowest BCUT2D eigenvalue weighted by atomic mass is 10.2. The van der Waals surface area contributed by atoms with Crippen molar-refractivity contribution >= 4 is 29.3 Å². The van der Waals surface area contributed by atoms with Gasteiger partial charge >= 0.3 is 0 Å². The fraction of sp³-hybridized carbons (Fsp3) is 0.438. The molecule has 0 aromatic carbocycles. The number of nitrogens with zero attached hydrogens (tertiary/aromatic N) is 5. The van der Waals surface area contributed by atoms with Crippen LogP contribution < -0.4 is 5.32 Å². The molecule has 0 bridgehead atoms. The second kappa shape index (κ2) is 7.22. The molecule has 0 radical (unpaired) electrons. The largest absolute Gasteiger partial charge is 0.360 e. The summed E-state index contributed by atoms with van der Waals surface area (Å²) in [4.78, 5) is 21.4. The summed E-state index contributed by atoms with van der Waals surface area (Å²) in [5, 5.41) is 11.3. The number of aryl methyl sites for hydroxylation is 3. The smallest absolute Gasteiger partial charge is 0.253 e. The molecule has 3 aromatic rings. The van der Waals surface area contributed by atoms with Gasteiger partial charge in [-0.05, 0) is 33.3 Å². The van der Waals surface area contributed by atoms with E-state index in [9.17, 15) is 4.79 Å². The minimum atomic E-state index is -0.319. The van der Waals surface area contributed by atoms with Crippen molar-refractivity contribution in [3.8, 4) is 0 Å². The number of amides is 1. The number of carbonyl (C=O) groups excluding carboxylic acids is 1. The van der Waals surface area contributed by atoms with Crippen LogP contribution in [0.3, 0.4) is 0 Å². The molecule has 1 unspecified atom stereocenters. The van der Waals surface area contributed by atoms with Gasteiger partial charge in [-0.25, -0.2) is 9.50 Å². The summed E-state index contributed by atoms with van der Waals surface area (Å²) in [5.74, 6) is 1.47. The minimum Gasteiger partial charge on any atom is -0.360 e. The fourth-order valence-corrected chi connectivity index (χ4v) is 3.50. The molecule has 25 heavy (non-hydrogen) atoms. The first-order valence-electron chi connectivity index (χ1n) is 8.08. The maximum Gasteiger partial charge on any atom is 0.253 e. The third-order valence-corrected chi connectivity index (χ3v) is 4.69. The highest BCUT2D eigenvalue weighted by Crippen LogP contribution is 2.25. The predicted octanol–water partition coefficient (Wildman–Crippen LogP) is 2.94. The zero-order chi connectivity index (χ0) is 18.0. The Morgan fingerprint density at radius 3 is 2.80 bits per heavy atom. The van der Waals surface area contributed by atoms with Gasteiger partial charge in [0.1, 0.15) is 5.76 Å². The Balaban J connectivity index is 1.79. The summed E-state index contributed by atoms with van der Waals surface area (Å²) < 4.78 is 6.67. The Morgan fingerprint density at radius 1 is 1.32 bits per heavy atom. The van der Waals surface area contributed by atoms with Crippen LogP contribution in [0.15, 0.2) is 21.8 Å². The summed E-state index contributed by atoms with van der Waals surface area (Å²) in [6.45, 7) is 7.68. The maximum atomic E-state index is 12.6. The third-order valence-electron chi connectivity index (χ3n) is 3.57. The highest BCUT2D eigenvalue weighted by Gasteiger charge is 2.23. The molecule has 3 heterocycles. The molecule has 1 amide bonds. The van der Waals surface area contributed by atoms with Crippen LogP contribution in [0.25, 0.3) is 5.78 Å². The number of fused-ring (bicyclic) bond motifs is 1. The van der Waals surface area contributed by atoms with Crippen LogP contribution in [0.2, 0.25) is 0 Å². The molecule has 0 saturated carbocycles. The van der Waals surface area contributed by atoms with E-state index in [1.54, 1.807) is 17.5 Å². The topological polar surface area (TPSA) is 98.2 Å². The van der Waals surface area contributed by atoms with E-state index in [0.717, 1.165) is 17.8 Å². The molecular weight excluding hydrogens is 340 g/mol. The van der Waals surface area contributed by atoms with E-state index < -0.39 is 0 Å². The Labute approximate surface area is 149 Å². The van der Waals surface area contributed by atoms with Crippen LogP contribution in [-0.2, 0) is 4.79 Å². The number of nitrogens with one attached hydrogen (secondary N) is 1. The van der Waals surface area contributed by atoms with E-state index in [1.165, 1.54) is 11.8 Å². The SMILES string of the molecule is CCCC(Sc1nc2nc(C)cc(C)n2n1)C(=O)Nc1cc(C)on1. The monoisotopic (exact) mass is 360 g/mol. The third kappa shape index (κ3) is 3.98. The number of aromatic nitrogens is 5. The van der Waals surface area contributed by atoms with Gasteiger partial charge in [-0.1, -0.05) is 30.3 Å². The Morgan fingerprint density at radius 2 is 2.12 bits per heavy atom. The molecule has 132 valence electrons. The number of rotatable bonds is 6. The van der Waals surface area contributed by atoms with Gasteiger partial charge in [-0.15, -0.1) is 5.10 Å². The molecule has 1 atom stereocenters. The van der Waals surface area contributed by atoms with Crippen molar-refractivity contribution < 1.29 is 9.32 Å². The molecule has 0 spiro atoms. The number of hydrogen-bond donors (Lipinski definition) is 1. The van der Waals surface area contributed by atoms with Crippen molar-refractivity contribution in [3.05, 3.63) is 29.3 Å². The zero-order valence-electron chi connectivity index (χ0n) is 14.6. The van der Waals surface area contributed by atoms with Crippen LogP contribution >= 0.6 is 11.8 Å². The molecule has 0 fully saturated rings. The predicted molar refractivity (Wildman–Crippen MR) is 94.7 cm³/mol. The first-order chi connectivity index (χ1) is 12.0. The van der Waals surface area contributed by atoms with Crippen molar-refractivity contribution in [1.29, 1.82) is 0 Å². The van der Waals surface area contributed by atoms with Crippen LogP contribution in [-0.4, -0.2) is 35.9 Å². The zero-order valence-corrected chi connectivity index (χ0v) is 15.4. The standard InChI is InChI=1S/C16H20N6O2S/c1-5-6-12(14(23)18-13-8-11(4)24-21-13)25-16-19-15-17-9(2)7-10(3)22(15)20-16/h7-8,12H,5-6H2,1-4H3,(H,18,21,23). The van der Waals surface area contributed by atoms with Crippen molar-refractivity contribution in [1.82, 2.24) is 24.7 Å². The highest BCUT2D eigenvalue weighted by atomic mass is 32.2. The number of thioether (sulfide) groups is 1. The normalized spacial score (nSPS) is 12.5. The number of carbonyl (C=O) groups is 1. The van der Waals surface area contributed by atoms with Crippen LogP contribution in [0.5, 0.6) is 0 Å². The second-order valence-corrected chi connectivity index (χ2v) is 7.02. The molecular formula is C16H20N6O2S. The second-order valence-electron chi connectivity index (χ2n) is 5.85. The minimum absolute atomic E-state index is 0.139. The number of hydrogen-bond acceptors (Lipinski definition) is 7. The van der Waals surface area contributed by atoms with Crippen molar-refractivity contribution in [2.75, 3.05) is 5.32 Å². The van der Waals surface area contributed by atoms with Crippen LogP contribution in [0, 0.1) is 20.8 Å². The van der Waals surface area contributed by atoms with Gasteiger partial charge in [-0.3, -0.25) is 4.79 Å². The molecule has 0 aliphatic heterocycles. The Kier molecular flexibility index (Phi) is 5.03. The first kappa shape index (κ1) is 17.4. The van der Waals surface area contributed by atoms with Gasteiger partial charge in [0.2, 0.25) is 11.1 Å². The molecule has 3 aromatic heterocycles. The summed E-state index contributed by atoms with van der Waals surface area (Å²) in [7, 11) is 0. The highest BCUT2D eigenvalue weighted by molar-refractivity contribution is 8.00. The van der Waals surface area contributed by atoms with E-state index in [1.807, 2.05) is 26.8 Å². The average molecular weight is 360 g/mol. The maximum absolute atomic E-state index is 12.6. The molecule has 1 N–H and O–H groups in total. The van der Waals surface area contributed by atoms with Gasteiger partial charge in [0.25, 0.3) is 5.78 Å². The average Bonchev–Trinajstić information content (AvgIpc) is 3.13. The van der Waals surface area contributed by atoms with E-state index in [4.69, 9.17) is 4.52 Å². The molecule has 9 heteroatoms. The quantitative estimate of drug-likeness (QED) is 0.675. The molecule has 8 nitrogen and oxygen atoms in total. The molecule has 3 rings (SSSR count). The summed E-state index contributed by atoms with van der Waals surface area (Å²) in [5.41, 5.74) is 1.84. The summed E-state index contributed by atoms with van der Waals surface area (Å²) in [6, 6.07) is 3.63. The lowest BCUT2D eigenvalue weighted by Crippen LogP contribution is -2.25.